The summed E-state index contributed by atoms with van der Waals surface area (Å²) in [6.07, 6.45) is 0.340. The van der Waals surface area contributed by atoms with Crippen molar-refractivity contribution >= 4 is 33.0 Å². The zero-order valence-electron chi connectivity index (χ0n) is 10.6. The van der Waals surface area contributed by atoms with Crippen LogP contribution in [-0.4, -0.2) is 31.9 Å². The molecular weight excluding hydrogens is 288 g/mol. The van der Waals surface area contributed by atoms with Crippen LogP contribution < -0.4 is 11.1 Å². The highest BCUT2D eigenvalue weighted by Crippen LogP contribution is 2.14. The first-order valence-corrected chi connectivity index (χ1v) is 8.00. The minimum Gasteiger partial charge on any atom is -0.328 e. The molecule has 0 aromatic heterocycles. The van der Waals surface area contributed by atoms with Crippen molar-refractivity contribution in [2.75, 3.05) is 16.8 Å². The van der Waals surface area contributed by atoms with E-state index in [1.807, 2.05) is 0 Å². The molecular formula is C12H17ClN2O3S. The summed E-state index contributed by atoms with van der Waals surface area (Å²) in [5.74, 6) is -1.22. The molecule has 19 heavy (non-hydrogen) atoms. The van der Waals surface area contributed by atoms with Gasteiger partial charge in [0.1, 0.15) is 5.75 Å². The van der Waals surface area contributed by atoms with Gasteiger partial charge in [0.2, 0.25) is 5.91 Å². The summed E-state index contributed by atoms with van der Waals surface area (Å²) in [4.78, 5) is 11.6. The van der Waals surface area contributed by atoms with E-state index in [-0.39, 0.29) is 11.8 Å². The molecule has 0 spiro atoms. The third-order valence-electron chi connectivity index (χ3n) is 2.34. The summed E-state index contributed by atoms with van der Waals surface area (Å²) in [6, 6.07) is 6.32. The fraction of sp³-hybridized carbons (Fsp3) is 0.417. The minimum absolute atomic E-state index is 0.0897. The molecule has 3 N–H and O–H groups in total. The van der Waals surface area contributed by atoms with Crippen molar-refractivity contribution in [3.05, 3.63) is 29.3 Å². The van der Waals surface area contributed by atoms with E-state index in [0.717, 1.165) is 0 Å². The van der Waals surface area contributed by atoms with Gasteiger partial charge < -0.3 is 11.1 Å². The highest BCUT2D eigenvalue weighted by molar-refractivity contribution is 7.92. The van der Waals surface area contributed by atoms with Crippen molar-refractivity contribution in [2.24, 2.45) is 5.73 Å². The molecule has 0 radical (unpaired) electrons. The number of amides is 1. The van der Waals surface area contributed by atoms with Crippen molar-refractivity contribution in [3.8, 4) is 0 Å². The molecule has 106 valence electrons. The number of benzene rings is 1. The molecule has 0 saturated heterocycles. The van der Waals surface area contributed by atoms with Gasteiger partial charge in [0.25, 0.3) is 0 Å². The Morgan fingerprint density at radius 3 is 2.74 bits per heavy atom. The van der Waals surface area contributed by atoms with Gasteiger partial charge in [-0.2, -0.15) is 0 Å². The Hall–Kier alpha value is -1.11. The lowest BCUT2D eigenvalue weighted by molar-refractivity contribution is -0.113. The van der Waals surface area contributed by atoms with Gasteiger partial charge >= 0.3 is 0 Å². The quantitative estimate of drug-likeness (QED) is 0.832. The second-order valence-corrected chi connectivity index (χ2v) is 7.04. The number of hydrogen-bond donors (Lipinski definition) is 2. The predicted molar refractivity (Wildman–Crippen MR) is 77.0 cm³/mol. The van der Waals surface area contributed by atoms with E-state index in [1.54, 1.807) is 31.2 Å². The van der Waals surface area contributed by atoms with Gasteiger partial charge in [-0.25, -0.2) is 8.42 Å². The topological polar surface area (TPSA) is 89.3 Å². The zero-order valence-corrected chi connectivity index (χ0v) is 12.2. The van der Waals surface area contributed by atoms with Crippen LogP contribution in [0.2, 0.25) is 5.02 Å². The molecule has 5 nitrogen and oxygen atoms in total. The standard InChI is InChI=1S/C12H17ClN2O3S/c1-9(14)5-6-19(17,18)8-12(16)15-11-4-2-3-10(13)7-11/h2-4,7,9H,5-6,8,14H2,1H3,(H,15,16). The van der Waals surface area contributed by atoms with Gasteiger partial charge in [0, 0.05) is 16.8 Å². The average Bonchev–Trinajstić information content (AvgIpc) is 2.25. The van der Waals surface area contributed by atoms with Crippen LogP contribution in [0.15, 0.2) is 24.3 Å². The summed E-state index contributed by atoms with van der Waals surface area (Å²) in [5.41, 5.74) is 5.96. The summed E-state index contributed by atoms with van der Waals surface area (Å²) in [6.45, 7) is 1.72. The Balaban J connectivity index is 2.55. The maximum absolute atomic E-state index is 11.7. The molecule has 0 aliphatic carbocycles. The fourth-order valence-electron chi connectivity index (χ4n) is 1.40. The van der Waals surface area contributed by atoms with Crippen LogP contribution in [0, 0.1) is 0 Å². The van der Waals surface area contributed by atoms with Crippen molar-refractivity contribution in [1.82, 2.24) is 0 Å². The van der Waals surface area contributed by atoms with Crippen LogP contribution >= 0.6 is 11.6 Å². The Morgan fingerprint density at radius 2 is 2.16 bits per heavy atom. The molecule has 0 fully saturated rings. The van der Waals surface area contributed by atoms with E-state index >= 15 is 0 Å². The van der Waals surface area contributed by atoms with Gasteiger partial charge in [-0.1, -0.05) is 17.7 Å². The molecule has 0 bridgehead atoms. The summed E-state index contributed by atoms with van der Waals surface area (Å²) >= 11 is 5.76. The second kappa shape index (κ2) is 6.88. The number of rotatable bonds is 6. The van der Waals surface area contributed by atoms with Crippen LogP contribution in [0.3, 0.4) is 0 Å². The molecule has 0 aliphatic rings. The summed E-state index contributed by atoms with van der Waals surface area (Å²) in [7, 11) is -3.43. The first-order valence-electron chi connectivity index (χ1n) is 5.80. The lowest BCUT2D eigenvalue weighted by Crippen LogP contribution is -2.27. The van der Waals surface area contributed by atoms with E-state index in [4.69, 9.17) is 17.3 Å². The van der Waals surface area contributed by atoms with Crippen molar-refractivity contribution in [3.63, 3.8) is 0 Å². The van der Waals surface area contributed by atoms with Crippen LogP contribution in [0.5, 0.6) is 0 Å². The lowest BCUT2D eigenvalue weighted by Gasteiger charge is -2.08. The Morgan fingerprint density at radius 1 is 1.47 bits per heavy atom. The maximum Gasteiger partial charge on any atom is 0.239 e. The highest BCUT2D eigenvalue weighted by Gasteiger charge is 2.17. The number of halogens is 1. The molecule has 1 atom stereocenters. The molecule has 7 heteroatoms. The van der Waals surface area contributed by atoms with Crippen LogP contribution in [0.25, 0.3) is 0 Å². The Kier molecular flexibility index (Phi) is 5.78. The number of anilines is 1. The third kappa shape index (κ3) is 6.56. The van der Waals surface area contributed by atoms with Crippen LogP contribution in [0.4, 0.5) is 5.69 Å². The van der Waals surface area contributed by atoms with Crippen LogP contribution in [-0.2, 0) is 14.6 Å². The monoisotopic (exact) mass is 304 g/mol. The SMILES string of the molecule is CC(N)CCS(=O)(=O)CC(=O)Nc1cccc(Cl)c1. The number of sulfone groups is 1. The Labute approximate surface area is 118 Å². The number of nitrogens with one attached hydrogen (secondary N) is 1. The molecule has 1 amide bonds. The smallest absolute Gasteiger partial charge is 0.239 e. The molecule has 1 unspecified atom stereocenters. The molecule has 0 heterocycles. The van der Waals surface area contributed by atoms with Gasteiger partial charge in [-0.3, -0.25) is 4.79 Å². The van der Waals surface area contributed by atoms with E-state index in [2.05, 4.69) is 5.32 Å². The molecule has 1 aromatic rings. The van der Waals surface area contributed by atoms with Gasteiger partial charge in [0.15, 0.2) is 9.84 Å². The van der Waals surface area contributed by atoms with E-state index in [0.29, 0.717) is 17.1 Å². The zero-order chi connectivity index (χ0) is 14.5. The summed E-state index contributed by atoms with van der Waals surface area (Å²) < 4.78 is 23.3. The highest BCUT2D eigenvalue weighted by atomic mass is 35.5. The first-order chi connectivity index (χ1) is 8.78. The van der Waals surface area contributed by atoms with Gasteiger partial charge in [0.05, 0.1) is 5.75 Å². The average molecular weight is 305 g/mol. The maximum atomic E-state index is 11.7. The predicted octanol–water partition coefficient (Wildman–Crippen LogP) is 1.43. The van der Waals surface area contributed by atoms with E-state index < -0.39 is 21.5 Å². The molecule has 0 aliphatic heterocycles. The third-order valence-corrected chi connectivity index (χ3v) is 4.14. The van der Waals surface area contributed by atoms with Crippen molar-refractivity contribution < 1.29 is 13.2 Å². The Bertz CT molecular complexity index is 544. The lowest BCUT2D eigenvalue weighted by atomic mass is 10.3. The first kappa shape index (κ1) is 15.9. The summed E-state index contributed by atoms with van der Waals surface area (Å²) in [5, 5.41) is 2.96. The second-order valence-electron chi connectivity index (χ2n) is 4.42. The molecule has 1 aromatic carbocycles. The fourth-order valence-corrected chi connectivity index (χ4v) is 2.94. The van der Waals surface area contributed by atoms with Crippen molar-refractivity contribution in [1.29, 1.82) is 0 Å². The van der Waals surface area contributed by atoms with Crippen molar-refractivity contribution in [2.45, 2.75) is 19.4 Å². The number of hydrogen-bond acceptors (Lipinski definition) is 4. The number of nitrogens with two attached hydrogens (primary N) is 1. The number of carbonyl (C=O) groups excluding carboxylic acids is 1. The van der Waals surface area contributed by atoms with Crippen LogP contribution in [0.1, 0.15) is 13.3 Å². The van der Waals surface area contributed by atoms with Gasteiger partial charge in [-0.15, -0.1) is 0 Å². The van der Waals surface area contributed by atoms with E-state index in [1.165, 1.54) is 0 Å². The van der Waals surface area contributed by atoms with Gasteiger partial charge in [-0.05, 0) is 31.5 Å². The molecule has 0 saturated carbocycles. The minimum atomic E-state index is -3.43. The number of carbonyl (C=O) groups is 1. The largest absolute Gasteiger partial charge is 0.328 e. The molecule has 1 rings (SSSR count). The van der Waals surface area contributed by atoms with E-state index in [9.17, 15) is 13.2 Å². The normalized spacial score (nSPS) is 13.0.